The normalized spacial score (nSPS) is 11.4. The number of nitro benzene ring substituents is 1. The minimum Gasteiger partial charge on any atom is -0.480 e. The molecular weight excluding hydrogens is 264 g/mol. The number of hydrogen-bond acceptors (Lipinski definition) is 4. The molecule has 0 fully saturated rings. The highest BCUT2D eigenvalue weighted by Gasteiger charge is 2.21. The predicted molar refractivity (Wildman–Crippen MR) is 71.5 cm³/mol. The van der Waals surface area contributed by atoms with Crippen LogP contribution in [0.5, 0.6) is 0 Å². The Morgan fingerprint density at radius 1 is 1.55 bits per heavy atom. The molecule has 1 aromatic rings. The first-order valence-corrected chi connectivity index (χ1v) is 5.76. The summed E-state index contributed by atoms with van der Waals surface area (Å²) in [5.74, 6) is -1.86. The number of non-ortho nitro benzene ring substituents is 1. The van der Waals surface area contributed by atoms with Crippen molar-refractivity contribution < 1.29 is 19.6 Å². The fourth-order valence-electron chi connectivity index (χ4n) is 1.59. The average molecular weight is 278 g/mol. The zero-order chi connectivity index (χ0) is 15.3. The van der Waals surface area contributed by atoms with Crippen LogP contribution in [0, 0.1) is 17.0 Å². The number of benzene rings is 1. The van der Waals surface area contributed by atoms with E-state index < -0.39 is 22.8 Å². The predicted octanol–water partition coefficient (Wildman–Crippen LogP) is 1.66. The molecule has 0 bridgehead atoms. The highest BCUT2D eigenvalue weighted by Crippen LogP contribution is 2.17. The third-order valence-electron chi connectivity index (χ3n) is 2.68. The molecule has 106 valence electrons. The Bertz CT molecular complexity index is 568. The number of aliphatic carboxylic acids is 1. The molecule has 1 amide bonds. The van der Waals surface area contributed by atoms with Crippen LogP contribution in [0.2, 0.25) is 0 Å². The van der Waals surface area contributed by atoms with Gasteiger partial charge in [0.15, 0.2) is 0 Å². The number of nitro groups is 1. The third-order valence-corrected chi connectivity index (χ3v) is 2.68. The lowest BCUT2D eigenvalue weighted by atomic mass is 10.1. The van der Waals surface area contributed by atoms with E-state index in [4.69, 9.17) is 5.11 Å². The maximum Gasteiger partial charge on any atom is 0.326 e. The van der Waals surface area contributed by atoms with Crippen molar-refractivity contribution in [3.8, 4) is 0 Å². The number of nitrogens with one attached hydrogen (secondary N) is 1. The third kappa shape index (κ3) is 3.64. The van der Waals surface area contributed by atoms with Crippen LogP contribution in [0.15, 0.2) is 30.9 Å². The second-order valence-corrected chi connectivity index (χ2v) is 4.14. The Labute approximate surface area is 115 Å². The maximum absolute atomic E-state index is 12.0. The van der Waals surface area contributed by atoms with Crippen LogP contribution in [0.25, 0.3) is 0 Å². The minimum atomic E-state index is -1.19. The number of carbonyl (C=O) groups excluding carboxylic acids is 1. The van der Waals surface area contributed by atoms with Gasteiger partial charge in [-0.25, -0.2) is 4.79 Å². The van der Waals surface area contributed by atoms with Crippen LogP contribution in [0.3, 0.4) is 0 Å². The van der Waals surface area contributed by atoms with E-state index in [1.54, 1.807) is 6.92 Å². The molecule has 0 aliphatic carbocycles. The van der Waals surface area contributed by atoms with E-state index in [9.17, 15) is 19.7 Å². The fraction of sp³-hybridized carbons (Fsp3) is 0.231. The lowest BCUT2D eigenvalue weighted by molar-refractivity contribution is -0.384. The molecule has 0 heterocycles. The SMILES string of the molecule is C=CCC(NC(=O)c1cc([N+](=O)[O-])ccc1C)C(=O)O. The first kappa shape index (κ1) is 15.4. The fourth-order valence-corrected chi connectivity index (χ4v) is 1.59. The van der Waals surface area contributed by atoms with Crippen LogP contribution in [0.1, 0.15) is 22.3 Å². The number of rotatable bonds is 6. The summed E-state index contributed by atoms with van der Waals surface area (Å²) < 4.78 is 0. The van der Waals surface area contributed by atoms with Crippen molar-refractivity contribution >= 4 is 17.6 Å². The van der Waals surface area contributed by atoms with Crippen LogP contribution in [0.4, 0.5) is 5.69 Å². The van der Waals surface area contributed by atoms with E-state index in [-0.39, 0.29) is 17.7 Å². The number of hydrogen-bond donors (Lipinski definition) is 2. The Morgan fingerprint density at radius 3 is 2.70 bits per heavy atom. The zero-order valence-corrected chi connectivity index (χ0v) is 10.8. The van der Waals surface area contributed by atoms with Crippen molar-refractivity contribution in [1.82, 2.24) is 5.32 Å². The van der Waals surface area contributed by atoms with Crippen LogP contribution >= 0.6 is 0 Å². The summed E-state index contributed by atoms with van der Waals surface area (Å²) >= 11 is 0. The van der Waals surface area contributed by atoms with E-state index in [0.29, 0.717) is 5.56 Å². The van der Waals surface area contributed by atoms with E-state index in [2.05, 4.69) is 11.9 Å². The number of amides is 1. The van der Waals surface area contributed by atoms with Gasteiger partial charge in [0.2, 0.25) is 0 Å². The monoisotopic (exact) mass is 278 g/mol. The van der Waals surface area contributed by atoms with E-state index in [1.165, 1.54) is 18.2 Å². The number of aryl methyl sites for hydroxylation is 1. The van der Waals surface area contributed by atoms with Gasteiger partial charge >= 0.3 is 5.97 Å². The van der Waals surface area contributed by atoms with E-state index >= 15 is 0 Å². The van der Waals surface area contributed by atoms with Crippen LogP contribution in [-0.4, -0.2) is 27.9 Å². The van der Waals surface area contributed by atoms with E-state index in [1.807, 2.05) is 0 Å². The summed E-state index contributed by atoms with van der Waals surface area (Å²) in [5, 5.41) is 21.9. The summed E-state index contributed by atoms with van der Waals surface area (Å²) in [4.78, 5) is 33.0. The summed E-state index contributed by atoms with van der Waals surface area (Å²) in [6, 6.07) is 2.73. The average Bonchev–Trinajstić information content (AvgIpc) is 2.38. The number of carboxylic acid groups (broad SMARTS) is 1. The van der Waals surface area contributed by atoms with Crippen LogP contribution < -0.4 is 5.32 Å². The minimum absolute atomic E-state index is 0.0645. The molecule has 7 heteroatoms. The molecule has 0 saturated carbocycles. The van der Waals surface area contributed by atoms with Crippen molar-refractivity contribution in [1.29, 1.82) is 0 Å². The molecule has 0 saturated heterocycles. The molecule has 0 radical (unpaired) electrons. The van der Waals surface area contributed by atoms with Crippen molar-refractivity contribution in [3.63, 3.8) is 0 Å². The van der Waals surface area contributed by atoms with E-state index in [0.717, 1.165) is 6.07 Å². The van der Waals surface area contributed by atoms with Gasteiger partial charge in [-0.05, 0) is 18.9 Å². The summed E-state index contributed by atoms with van der Waals surface area (Å²) in [6.07, 6.45) is 1.44. The van der Waals surface area contributed by atoms with Gasteiger partial charge in [0.05, 0.1) is 4.92 Å². The number of nitrogens with zero attached hydrogens (tertiary/aromatic N) is 1. The Balaban J connectivity index is 3.02. The molecule has 1 rings (SSSR count). The highest BCUT2D eigenvalue weighted by molar-refractivity contribution is 5.98. The summed E-state index contributed by atoms with van der Waals surface area (Å²) in [7, 11) is 0. The van der Waals surface area contributed by atoms with Crippen molar-refractivity contribution in [2.45, 2.75) is 19.4 Å². The second-order valence-electron chi connectivity index (χ2n) is 4.14. The smallest absolute Gasteiger partial charge is 0.326 e. The molecule has 1 atom stereocenters. The number of carbonyl (C=O) groups is 2. The molecule has 7 nitrogen and oxygen atoms in total. The Kier molecular flexibility index (Phi) is 4.96. The van der Waals surface area contributed by atoms with Gasteiger partial charge in [0.1, 0.15) is 6.04 Å². The lowest BCUT2D eigenvalue weighted by Gasteiger charge is -2.13. The van der Waals surface area contributed by atoms with Gasteiger partial charge in [0, 0.05) is 17.7 Å². The zero-order valence-electron chi connectivity index (χ0n) is 10.8. The van der Waals surface area contributed by atoms with Gasteiger partial charge in [-0.2, -0.15) is 0 Å². The molecule has 0 aliphatic rings. The highest BCUT2D eigenvalue weighted by atomic mass is 16.6. The molecule has 0 spiro atoms. The van der Waals surface area contributed by atoms with Crippen LogP contribution in [-0.2, 0) is 4.79 Å². The Hall–Kier alpha value is -2.70. The van der Waals surface area contributed by atoms with Crippen molar-refractivity contribution in [2.24, 2.45) is 0 Å². The van der Waals surface area contributed by atoms with Gasteiger partial charge < -0.3 is 10.4 Å². The molecule has 2 N–H and O–H groups in total. The standard InChI is InChI=1S/C13H14N2O5/c1-3-4-11(13(17)18)14-12(16)10-7-9(15(19)20)6-5-8(10)2/h3,5-7,11H,1,4H2,2H3,(H,14,16)(H,17,18). The quantitative estimate of drug-likeness (QED) is 0.467. The molecular formula is C13H14N2O5. The number of carboxylic acids is 1. The maximum atomic E-state index is 12.0. The van der Waals surface area contributed by atoms with Crippen molar-refractivity contribution in [2.75, 3.05) is 0 Å². The topological polar surface area (TPSA) is 110 Å². The van der Waals surface area contributed by atoms with Gasteiger partial charge in [-0.3, -0.25) is 14.9 Å². The van der Waals surface area contributed by atoms with Gasteiger partial charge in [-0.15, -0.1) is 6.58 Å². The van der Waals surface area contributed by atoms with Crippen molar-refractivity contribution in [3.05, 3.63) is 52.1 Å². The summed E-state index contributed by atoms with van der Waals surface area (Å²) in [6.45, 7) is 5.03. The molecule has 20 heavy (non-hydrogen) atoms. The molecule has 1 aromatic carbocycles. The lowest BCUT2D eigenvalue weighted by Crippen LogP contribution is -2.40. The molecule has 0 aromatic heterocycles. The molecule has 1 unspecified atom stereocenters. The van der Waals surface area contributed by atoms with Gasteiger partial charge in [0.25, 0.3) is 11.6 Å². The first-order chi connectivity index (χ1) is 9.36. The van der Waals surface area contributed by atoms with Gasteiger partial charge in [-0.1, -0.05) is 12.1 Å². The first-order valence-electron chi connectivity index (χ1n) is 5.76. The molecule has 0 aliphatic heterocycles. The largest absolute Gasteiger partial charge is 0.480 e. The second kappa shape index (κ2) is 6.46. The Morgan fingerprint density at radius 2 is 2.20 bits per heavy atom. The summed E-state index contributed by atoms with van der Waals surface area (Å²) in [5.41, 5.74) is 0.377.